The van der Waals surface area contributed by atoms with E-state index in [4.69, 9.17) is 4.98 Å². The monoisotopic (exact) mass is 427 g/mol. The van der Waals surface area contributed by atoms with Gasteiger partial charge in [-0.05, 0) is 25.2 Å². The molecule has 0 spiro atoms. The molecule has 0 unspecified atom stereocenters. The Hall–Kier alpha value is -4.05. The van der Waals surface area contributed by atoms with E-state index in [0.29, 0.717) is 17.2 Å². The summed E-state index contributed by atoms with van der Waals surface area (Å²) < 4.78 is 0. The van der Waals surface area contributed by atoms with Gasteiger partial charge in [-0.25, -0.2) is 9.97 Å². The molecule has 1 saturated heterocycles. The first-order valence-corrected chi connectivity index (χ1v) is 10.4. The van der Waals surface area contributed by atoms with Gasteiger partial charge in [-0.2, -0.15) is 5.10 Å². The first-order valence-electron chi connectivity index (χ1n) is 10.4. The highest BCUT2D eigenvalue weighted by molar-refractivity contribution is 5.95. The van der Waals surface area contributed by atoms with Crippen molar-refractivity contribution in [3.8, 4) is 28.5 Å². The molecule has 10 heteroatoms. The third-order valence-corrected chi connectivity index (χ3v) is 5.90. The standard InChI is InChI=1S/C22H21N9O/c1-30-4-6-31(7-5-30)18-2-3-24-21-20(18)26-22(27-21)19-15-9-16(25-12-17(15)28-29-19)13-8-14(32)11-23-10-13/h2-3,8-12,32H,4-7H2,1H3,(H,28,29)(H,24,26,27). The average molecular weight is 427 g/mol. The Morgan fingerprint density at radius 2 is 1.91 bits per heavy atom. The van der Waals surface area contributed by atoms with Crippen molar-refractivity contribution in [2.45, 2.75) is 0 Å². The van der Waals surface area contributed by atoms with Crippen LogP contribution >= 0.6 is 0 Å². The number of aromatic amines is 2. The minimum Gasteiger partial charge on any atom is -0.506 e. The summed E-state index contributed by atoms with van der Waals surface area (Å²) in [6, 6.07) is 5.58. The number of fused-ring (bicyclic) bond motifs is 2. The fraction of sp³-hybridized carbons (Fsp3) is 0.227. The lowest BCUT2D eigenvalue weighted by Gasteiger charge is -2.33. The average Bonchev–Trinajstić information content (AvgIpc) is 3.43. The van der Waals surface area contributed by atoms with E-state index < -0.39 is 0 Å². The summed E-state index contributed by atoms with van der Waals surface area (Å²) >= 11 is 0. The van der Waals surface area contributed by atoms with Crippen molar-refractivity contribution in [1.82, 2.24) is 40.0 Å². The molecule has 0 bridgehead atoms. The van der Waals surface area contributed by atoms with Gasteiger partial charge in [0.2, 0.25) is 0 Å². The molecule has 1 fully saturated rings. The molecule has 6 rings (SSSR count). The van der Waals surface area contributed by atoms with Gasteiger partial charge in [0.05, 0.1) is 29.3 Å². The van der Waals surface area contributed by atoms with Crippen LogP contribution in [-0.4, -0.2) is 78.4 Å². The Labute approximate surface area is 183 Å². The van der Waals surface area contributed by atoms with Crippen LogP contribution in [0.25, 0.3) is 44.8 Å². The molecule has 5 aromatic heterocycles. The number of imidazole rings is 1. The zero-order valence-corrected chi connectivity index (χ0v) is 17.4. The number of rotatable bonds is 3. The van der Waals surface area contributed by atoms with E-state index in [9.17, 15) is 5.11 Å². The quantitative estimate of drug-likeness (QED) is 0.401. The predicted octanol–water partition coefficient (Wildman–Crippen LogP) is 2.42. The summed E-state index contributed by atoms with van der Waals surface area (Å²) in [5.41, 5.74) is 5.56. The Balaban J connectivity index is 1.44. The summed E-state index contributed by atoms with van der Waals surface area (Å²) in [7, 11) is 2.14. The second-order valence-electron chi connectivity index (χ2n) is 8.02. The molecular weight excluding hydrogens is 406 g/mol. The van der Waals surface area contributed by atoms with Crippen molar-refractivity contribution in [3.63, 3.8) is 0 Å². The summed E-state index contributed by atoms with van der Waals surface area (Å²) in [5.74, 6) is 0.739. The Morgan fingerprint density at radius 1 is 1.03 bits per heavy atom. The van der Waals surface area contributed by atoms with Crippen LogP contribution in [0, 0.1) is 0 Å². The van der Waals surface area contributed by atoms with Crippen LogP contribution in [0.1, 0.15) is 0 Å². The van der Waals surface area contributed by atoms with Gasteiger partial charge < -0.3 is 19.9 Å². The third-order valence-electron chi connectivity index (χ3n) is 5.90. The first-order chi connectivity index (χ1) is 15.7. The predicted molar refractivity (Wildman–Crippen MR) is 121 cm³/mol. The number of H-pyrrole nitrogens is 2. The number of pyridine rings is 3. The number of nitrogens with zero attached hydrogens (tertiary/aromatic N) is 7. The van der Waals surface area contributed by atoms with Crippen molar-refractivity contribution < 1.29 is 5.11 Å². The van der Waals surface area contributed by atoms with E-state index in [1.165, 1.54) is 6.20 Å². The van der Waals surface area contributed by atoms with Crippen molar-refractivity contribution in [2.24, 2.45) is 0 Å². The molecule has 160 valence electrons. The van der Waals surface area contributed by atoms with E-state index in [1.807, 2.05) is 18.3 Å². The molecule has 0 aromatic carbocycles. The second-order valence-corrected chi connectivity index (χ2v) is 8.02. The van der Waals surface area contributed by atoms with Crippen molar-refractivity contribution in [2.75, 3.05) is 38.1 Å². The highest BCUT2D eigenvalue weighted by atomic mass is 16.3. The van der Waals surface area contributed by atoms with Crippen LogP contribution in [0.3, 0.4) is 0 Å². The number of aromatic nitrogens is 7. The number of anilines is 1. The van der Waals surface area contributed by atoms with Crippen molar-refractivity contribution in [1.29, 1.82) is 0 Å². The third kappa shape index (κ3) is 3.12. The van der Waals surface area contributed by atoms with Crippen molar-refractivity contribution >= 4 is 27.8 Å². The van der Waals surface area contributed by atoms with Gasteiger partial charge >= 0.3 is 0 Å². The van der Waals surface area contributed by atoms with Gasteiger partial charge in [-0.3, -0.25) is 15.1 Å². The minimum absolute atomic E-state index is 0.0941. The minimum atomic E-state index is 0.0941. The van der Waals surface area contributed by atoms with Gasteiger partial charge in [0, 0.05) is 49.5 Å². The molecule has 0 amide bonds. The second kappa shape index (κ2) is 7.27. The maximum atomic E-state index is 9.77. The highest BCUT2D eigenvalue weighted by Gasteiger charge is 2.20. The van der Waals surface area contributed by atoms with Gasteiger partial charge in [0.15, 0.2) is 11.5 Å². The number of piperazine rings is 1. The molecular formula is C22H21N9O. The van der Waals surface area contributed by atoms with Crippen LogP contribution < -0.4 is 4.90 Å². The number of hydrogen-bond donors (Lipinski definition) is 3. The molecule has 0 aliphatic carbocycles. The fourth-order valence-electron chi connectivity index (χ4n) is 4.14. The van der Waals surface area contributed by atoms with E-state index >= 15 is 0 Å². The molecule has 5 aromatic rings. The van der Waals surface area contributed by atoms with Crippen LogP contribution in [-0.2, 0) is 0 Å². The molecule has 32 heavy (non-hydrogen) atoms. The summed E-state index contributed by atoms with van der Waals surface area (Å²) in [6.45, 7) is 3.95. The summed E-state index contributed by atoms with van der Waals surface area (Å²) in [6.07, 6.45) is 6.60. The Bertz CT molecular complexity index is 1430. The van der Waals surface area contributed by atoms with Gasteiger partial charge in [0.25, 0.3) is 0 Å². The molecule has 0 radical (unpaired) electrons. The summed E-state index contributed by atoms with van der Waals surface area (Å²) in [5, 5.41) is 18.2. The lowest BCUT2D eigenvalue weighted by molar-refractivity contribution is 0.313. The first kappa shape index (κ1) is 18.7. The van der Waals surface area contributed by atoms with Gasteiger partial charge in [-0.1, -0.05) is 0 Å². The smallest absolute Gasteiger partial charge is 0.161 e. The normalized spacial score (nSPS) is 15.1. The van der Waals surface area contributed by atoms with Gasteiger partial charge in [-0.15, -0.1) is 0 Å². The highest BCUT2D eigenvalue weighted by Crippen LogP contribution is 2.31. The lowest BCUT2D eigenvalue weighted by Crippen LogP contribution is -2.44. The molecule has 1 aliphatic heterocycles. The van der Waals surface area contributed by atoms with Crippen LogP contribution in [0.15, 0.2) is 43.0 Å². The SMILES string of the molecule is CN1CCN(c2ccnc3[nH]c(-c4n[nH]c5cnc(-c6cncc(O)c6)cc45)nc23)CC1. The van der Waals surface area contributed by atoms with Crippen LogP contribution in [0.5, 0.6) is 5.75 Å². The Morgan fingerprint density at radius 3 is 2.75 bits per heavy atom. The molecule has 0 atom stereocenters. The molecule has 10 nitrogen and oxygen atoms in total. The zero-order valence-electron chi connectivity index (χ0n) is 17.4. The molecule has 0 saturated carbocycles. The van der Waals surface area contributed by atoms with E-state index in [0.717, 1.165) is 59.5 Å². The molecule has 1 aliphatic rings. The Kier molecular flexibility index (Phi) is 4.25. The number of likely N-dealkylation sites (N-methyl/N-ethyl adjacent to an activating group) is 1. The van der Waals surface area contributed by atoms with Crippen molar-refractivity contribution in [3.05, 3.63) is 43.0 Å². The fourth-order valence-corrected chi connectivity index (χ4v) is 4.14. The molecule has 6 heterocycles. The van der Waals surface area contributed by atoms with Gasteiger partial charge in [0.1, 0.15) is 17.0 Å². The lowest BCUT2D eigenvalue weighted by atomic mass is 10.1. The van der Waals surface area contributed by atoms with E-state index in [-0.39, 0.29) is 5.75 Å². The van der Waals surface area contributed by atoms with E-state index in [1.54, 1.807) is 18.5 Å². The van der Waals surface area contributed by atoms with Crippen LogP contribution in [0.2, 0.25) is 0 Å². The van der Waals surface area contributed by atoms with Crippen LogP contribution in [0.4, 0.5) is 5.69 Å². The topological polar surface area (TPSA) is 123 Å². The number of nitrogens with one attached hydrogen (secondary N) is 2. The number of aromatic hydroxyl groups is 1. The number of hydrogen-bond acceptors (Lipinski definition) is 8. The van der Waals surface area contributed by atoms with E-state index in [2.05, 4.69) is 47.0 Å². The maximum Gasteiger partial charge on any atom is 0.161 e. The maximum absolute atomic E-state index is 9.77. The zero-order chi connectivity index (χ0) is 21.7. The summed E-state index contributed by atoms with van der Waals surface area (Å²) in [4.78, 5) is 25.9. The largest absolute Gasteiger partial charge is 0.506 e. The molecule has 3 N–H and O–H groups in total.